The van der Waals surface area contributed by atoms with Crippen molar-refractivity contribution in [1.82, 2.24) is 4.57 Å². The Labute approximate surface area is 102 Å². The molecule has 3 heteroatoms. The van der Waals surface area contributed by atoms with Gasteiger partial charge in [-0.1, -0.05) is 0 Å². The van der Waals surface area contributed by atoms with Crippen molar-refractivity contribution in [3.63, 3.8) is 0 Å². The maximum Gasteiger partial charge on any atom is 0.120 e. The highest BCUT2D eigenvalue weighted by atomic mass is 16.5. The van der Waals surface area contributed by atoms with Crippen LogP contribution >= 0.6 is 0 Å². The average molecular weight is 233 g/mol. The van der Waals surface area contributed by atoms with Crippen LogP contribution in [0.3, 0.4) is 0 Å². The monoisotopic (exact) mass is 233 g/mol. The normalized spacial score (nSPS) is 12.1. The van der Waals surface area contributed by atoms with Crippen molar-refractivity contribution in [3.05, 3.63) is 30.0 Å². The van der Waals surface area contributed by atoms with Crippen LogP contribution in [0.4, 0.5) is 0 Å². The van der Waals surface area contributed by atoms with Gasteiger partial charge in [0.2, 0.25) is 0 Å². The molecule has 2 aromatic rings. The molecule has 0 radical (unpaired) electrons. The lowest BCUT2D eigenvalue weighted by atomic mass is 10.1. The third-order valence-corrected chi connectivity index (χ3v) is 3.05. The summed E-state index contributed by atoms with van der Waals surface area (Å²) in [7, 11) is 1.66. The molecule has 0 aliphatic rings. The lowest BCUT2D eigenvalue weighted by Gasteiger charge is -2.20. The molecular formula is C14H19NO2. The van der Waals surface area contributed by atoms with Crippen LogP contribution < -0.4 is 4.74 Å². The largest absolute Gasteiger partial charge is 0.497 e. The summed E-state index contributed by atoms with van der Waals surface area (Å²) in [6, 6.07) is 8.01. The second kappa shape index (κ2) is 4.08. The van der Waals surface area contributed by atoms with Crippen molar-refractivity contribution in [2.45, 2.75) is 32.9 Å². The fourth-order valence-electron chi connectivity index (χ4n) is 2.21. The summed E-state index contributed by atoms with van der Waals surface area (Å²) in [6.07, 6.45) is 0. The Morgan fingerprint density at radius 3 is 2.53 bits per heavy atom. The van der Waals surface area contributed by atoms with Crippen LogP contribution in [0, 0.1) is 0 Å². The first-order valence-corrected chi connectivity index (χ1v) is 5.87. The van der Waals surface area contributed by atoms with Gasteiger partial charge in [0.05, 0.1) is 23.9 Å². The highest BCUT2D eigenvalue weighted by Gasteiger charge is 2.22. The highest BCUT2D eigenvalue weighted by Crippen LogP contribution is 2.30. The Morgan fingerprint density at radius 1 is 1.29 bits per heavy atom. The molecule has 1 N–H and O–H groups in total. The van der Waals surface area contributed by atoms with Gasteiger partial charge in [-0.25, -0.2) is 0 Å². The molecule has 0 aliphatic carbocycles. The fraction of sp³-hybridized carbons (Fsp3) is 0.429. The van der Waals surface area contributed by atoms with Crippen LogP contribution in [-0.2, 0) is 12.1 Å². The number of rotatable bonds is 3. The van der Waals surface area contributed by atoms with Gasteiger partial charge in [-0.2, -0.15) is 0 Å². The Balaban J connectivity index is 2.72. The van der Waals surface area contributed by atoms with Crippen molar-refractivity contribution in [1.29, 1.82) is 0 Å². The number of fused-ring (bicyclic) bond motifs is 1. The Hall–Kier alpha value is -1.48. The van der Waals surface area contributed by atoms with E-state index in [1.807, 2.05) is 38.1 Å². The van der Waals surface area contributed by atoms with E-state index in [1.165, 1.54) is 0 Å². The van der Waals surface area contributed by atoms with E-state index >= 15 is 0 Å². The number of aliphatic hydroxyl groups is 1. The van der Waals surface area contributed by atoms with Crippen LogP contribution in [0.2, 0.25) is 0 Å². The van der Waals surface area contributed by atoms with Crippen LogP contribution in [0.5, 0.6) is 5.75 Å². The molecule has 1 aromatic heterocycles. The minimum atomic E-state index is -0.831. The topological polar surface area (TPSA) is 34.4 Å². The molecule has 0 bridgehead atoms. The van der Waals surface area contributed by atoms with E-state index < -0.39 is 5.60 Å². The SMILES string of the molecule is CCn1c(C(C)(C)O)cc2ccc(OC)cc21. The predicted molar refractivity (Wildman–Crippen MR) is 69.4 cm³/mol. The number of aromatic nitrogens is 1. The van der Waals surface area contributed by atoms with E-state index in [1.54, 1.807) is 7.11 Å². The zero-order valence-corrected chi connectivity index (χ0v) is 10.8. The summed E-state index contributed by atoms with van der Waals surface area (Å²) in [5.41, 5.74) is 1.20. The van der Waals surface area contributed by atoms with Gasteiger partial charge >= 0.3 is 0 Å². The van der Waals surface area contributed by atoms with Crippen LogP contribution in [0.15, 0.2) is 24.3 Å². The molecule has 0 saturated heterocycles. The average Bonchev–Trinajstić information content (AvgIpc) is 2.65. The summed E-state index contributed by atoms with van der Waals surface area (Å²) >= 11 is 0. The Morgan fingerprint density at radius 2 is 2.00 bits per heavy atom. The van der Waals surface area contributed by atoms with E-state index in [-0.39, 0.29) is 0 Å². The van der Waals surface area contributed by atoms with E-state index in [9.17, 15) is 5.11 Å². The molecule has 0 amide bonds. The standard InChI is InChI=1S/C14H19NO2/c1-5-15-12-9-11(17-4)7-6-10(12)8-13(15)14(2,3)16/h6-9,16H,5H2,1-4H3. The minimum absolute atomic E-state index is 0.829. The van der Waals surface area contributed by atoms with Crippen molar-refractivity contribution in [3.8, 4) is 5.75 Å². The van der Waals surface area contributed by atoms with Gasteiger partial charge in [-0.05, 0) is 39.0 Å². The number of methoxy groups -OCH3 is 1. The maximum absolute atomic E-state index is 10.2. The summed E-state index contributed by atoms with van der Waals surface area (Å²) < 4.78 is 7.36. The van der Waals surface area contributed by atoms with Gasteiger partial charge in [0.15, 0.2) is 0 Å². The van der Waals surface area contributed by atoms with Gasteiger partial charge in [-0.3, -0.25) is 0 Å². The lowest BCUT2D eigenvalue weighted by Crippen LogP contribution is -2.20. The fourth-order valence-corrected chi connectivity index (χ4v) is 2.21. The molecule has 3 nitrogen and oxygen atoms in total. The zero-order valence-electron chi connectivity index (χ0n) is 10.8. The molecule has 17 heavy (non-hydrogen) atoms. The first-order valence-electron chi connectivity index (χ1n) is 5.87. The maximum atomic E-state index is 10.2. The van der Waals surface area contributed by atoms with E-state index in [0.717, 1.165) is 28.9 Å². The molecule has 1 heterocycles. The Kier molecular flexibility index (Phi) is 2.87. The predicted octanol–water partition coefficient (Wildman–Crippen LogP) is 2.90. The molecule has 0 aliphatic heterocycles. The van der Waals surface area contributed by atoms with Gasteiger partial charge < -0.3 is 14.4 Å². The molecule has 1 aromatic carbocycles. The molecule has 0 unspecified atom stereocenters. The van der Waals surface area contributed by atoms with E-state index in [2.05, 4.69) is 11.5 Å². The first-order chi connectivity index (χ1) is 7.97. The number of aryl methyl sites for hydroxylation is 1. The van der Waals surface area contributed by atoms with E-state index in [4.69, 9.17) is 4.74 Å². The van der Waals surface area contributed by atoms with Gasteiger partial charge in [0.1, 0.15) is 5.75 Å². The van der Waals surface area contributed by atoms with Crippen LogP contribution in [0.1, 0.15) is 26.5 Å². The molecule has 0 saturated carbocycles. The molecule has 0 atom stereocenters. The number of ether oxygens (including phenoxy) is 1. The summed E-state index contributed by atoms with van der Waals surface area (Å²) in [4.78, 5) is 0. The third kappa shape index (κ3) is 2.03. The second-order valence-corrected chi connectivity index (χ2v) is 4.76. The first kappa shape index (κ1) is 12.0. The summed E-state index contributed by atoms with van der Waals surface area (Å²) in [5.74, 6) is 0.840. The molecule has 2 rings (SSSR count). The molecular weight excluding hydrogens is 214 g/mol. The number of benzene rings is 1. The third-order valence-electron chi connectivity index (χ3n) is 3.05. The van der Waals surface area contributed by atoms with E-state index in [0.29, 0.717) is 0 Å². The zero-order chi connectivity index (χ0) is 12.6. The lowest BCUT2D eigenvalue weighted by molar-refractivity contribution is 0.0704. The summed E-state index contributed by atoms with van der Waals surface area (Å²) in [6.45, 7) is 6.53. The number of hydrogen-bond acceptors (Lipinski definition) is 2. The van der Waals surface area contributed by atoms with Crippen molar-refractivity contribution in [2.75, 3.05) is 7.11 Å². The van der Waals surface area contributed by atoms with Crippen molar-refractivity contribution < 1.29 is 9.84 Å². The van der Waals surface area contributed by atoms with Crippen LogP contribution in [0.25, 0.3) is 10.9 Å². The molecule has 0 fully saturated rings. The van der Waals surface area contributed by atoms with Gasteiger partial charge in [-0.15, -0.1) is 0 Å². The van der Waals surface area contributed by atoms with Gasteiger partial charge in [0, 0.05) is 18.0 Å². The highest BCUT2D eigenvalue weighted by molar-refractivity contribution is 5.83. The second-order valence-electron chi connectivity index (χ2n) is 4.76. The number of hydrogen-bond donors (Lipinski definition) is 1. The summed E-state index contributed by atoms with van der Waals surface area (Å²) in [5, 5.41) is 11.3. The quantitative estimate of drug-likeness (QED) is 0.884. The van der Waals surface area contributed by atoms with Crippen molar-refractivity contribution in [2.24, 2.45) is 0 Å². The molecule has 92 valence electrons. The van der Waals surface area contributed by atoms with Crippen molar-refractivity contribution >= 4 is 10.9 Å². The number of nitrogens with zero attached hydrogens (tertiary/aromatic N) is 1. The Bertz CT molecular complexity index is 535. The minimum Gasteiger partial charge on any atom is -0.497 e. The van der Waals surface area contributed by atoms with Gasteiger partial charge in [0.25, 0.3) is 0 Å². The molecule has 0 spiro atoms. The van der Waals surface area contributed by atoms with Crippen LogP contribution in [-0.4, -0.2) is 16.8 Å². The smallest absolute Gasteiger partial charge is 0.120 e.